The summed E-state index contributed by atoms with van der Waals surface area (Å²) < 4.78 is 5.52. The minimum Gasteiger partial charge on any atom is -0.492 e. The zero-order valence-electron chi connectivity index (χ0n) is 13.0. The number of anilines is 1. The Morgan fingerprint density at radius 3 is 2.40 bits per heavy atom. The topological polar surface area (TPSA) is 50.4 Å². The molecule has 0 heterocycles. The molecule has 25 heavy (non-hydrogen) atoms. The molecular formula is C17H15Cl3N2O2S. The number of ether oxygens (including phenoxy) is 1. The van der Waals surface area contributed by atoms with Crippen LogP contribution in [0.3, 0.4) is 0 Å². The second-order valence-corrected chi connectivity index (χ2v) is 6.72. The van der Waals surface area contributed by atoms with Crippen LogP contribution in [0.25, 0.3) is 0 Å². The summed E-state index contributed by atoms with van der Waals surface area (Å²) in [7, 11) is 0. The minimum atomic E-state index is -0.197. The van der Waals surface area contributed by atoms with E-state index in [4.69, 9.17) is 51.8 Å². The normalized spacial score (nSPS) is 10.2. The minimum absolute atomic E-state index is 0.197. The average molecular weight is 418 g/mol. The summed E-state index contributed by atoms with van der Waals surface area (Å²) in [5, 5.41) is 7.35. The monoisotopic (exact) mass is 416 g/mol. The van der Waals surface area contributed by atoms with Gasteiger partial charge < -0.3 is 15.4 Å². The van der Waals surface area contributed by atoms with E-state index >= 15 is 0 Å². The van der Waals surface area contributed by atoms with E-state index in [0.29, 0.717) is 33.8 Å². The van der Waals surface area contributed by atoms with E-state index in [1.165, 1.54) is 0 Å². The smallest absolute Gasteiger partial charge is 0.226 e. The first-order chi connectivity index (χ1) is 11.9. The van der Waals surface area contributed by atoms with Gasteiger partial charge in [-0.05, 0) is 61.1 Å². The molecule has 0 aliphatic heterocycles. The summed E-state index contributed by atoms with van der Waals surface area (Å²) in [4.78, 5) is 11.9. The maximum atomic E-state index is 11.9. The van der Waals surface area contributed by atoms with Crippen molar-refractivity contribution in [3.63, 3.8) is 0 Å². The zero-order chi connectivity index (χ0) is 18.2. The lowest BCUT2D eigenvalue weighted by Crippen LogP contribution is -2.34. The third kappa shape index (κ3) is 7.08. The lowest BCUT2D eigenvalue weighted by Gasteiger charge is -2.10. The first-order valence-electron chi connectivity index (χ1n) is 7.38. The van der Waals surface area contributed by atoms with Gasteiger partial charge in [-0.2, -0.15) is 0 Å². The molecule has 0 aromatic heterocycles. The van der Waals surface area contributed by atoms with Gasteiger partial charge in [-0.3, -0.25) is 4.79 Å². The fraction of sp³-hybridized carbons (Fsp3) is 0.176. The Balaban J connectivity index is 1.68. The van der Waals surface area contributed by atoms with Crippen LogP contribution in [0.1, 0.15) is 12.8 Å². The van der Waals surface area contributed by atoms with E-state index < -0.39 is 0 Å². The fourth-order valence-electron chi connectivity index (χ4n) is 1.89. The Morgan fingerprint density at radius 1 is 1.04 bits per heavy atom. The highest BCUT2D eigenvalue weighted by atomic mass is 35.5. The van der Waals surface area contributed by atoms with E-state index in [0.717, 1.165) is 5.69 Å². The number of rotatable bonds is 6. The van der Waals surface area contributed by atoms with Gasteiger partial charge in [0, 0.05) is 22.2 Å². The number of thiocarbonyl (C=S) groups is 1. The molecule has 0 bridgehead atoms. The van der Waals surface area contributed by atoms with Gasteiger partial charge in [0.25, 0.3) is 0 Å². The quantitative estimate of drug-likeness (QED) is 0.493. The molecule has 0 saturated carbocycles. The highest BCUT2D eigenvalue weighted by Crippen LogP contribution is 2.27. The Bertz CT molecular complexity index is 754. The standard InChI is InChI=1S/C17H15Cl3N2O2S/c18-11-3-6-13(7-4-11)21-17(25)22-16(23)2-1-9-24-15-8-5-12(19)10-14(15)20/h3-8,10H,1-2,9H2,(H2,21,22,23,25). The van der Waals surface area contributed by atoms with Crippen molar-refractivity contribution in [1.29, 1.82) is 0 Å². The van der Waals surface area contributed by atoms with Crippen molar-refractivity contribution < 1.29 is 9.53 Å². The second kappa shape index (κ2) is 9.82. The molecule has 0 fully saturated rings. The van der Waals surface area contributed by atoms with Crippen LogP contribution in [0.4, 0.5) is 5.69 Å². The molecule has 0 aliphatic carbocycles. The van der Waals surface area contributed by atoms with Crippen molar-refractivity contribution in [1.82, 2.24) is 5.32 Å². The van der Waals surface area contributed by atoms with Crippen LogP contribution < -0.4 is 15.4 Å². The lowest BCUT2D eigenvalue weighted by molar-refractivity contribution is -0.119. The number of carbonyl (C=O) groups excluding carboxylic acids is 1. The number of benzene rings is 2. The molecule has 1 amide bonds. The van der Waals surface area contributed by atoms with Gasteiger partial charge in [0.2, 0.25) is 5.91 Å². The zero-order valence-corrected chi connectivity index (χ0v) is 16.1. The molecule has 0 aliphatic rings. The third-order valence-electron chi connectivity index (χ3n) is 3.05. The largest absolute Gasteiger partial charge is 0.492 e. The highest BCUT2D eigenvalue weighted by molar-refractivity contribution is 7.80. The molecule has 2 N–H and O–H groups in total. The van der Waals surface area contributed by atoms with Gasteiger partial charge in [0.05, 0.1) is 11.6 Å². The van der Waals surface area contributed by atoms with Crippen molar-refractivity contribution >= 4 is 63.7 Å². The molecule has 0 unspecified atom stereocenters. The third-order valence-corrected chi connectivity index (χ3v) is 4.04. The fourth-order valence-corrected chi connectivity index (χ4v) is 2.71. The maximum Gasteiger partial charge on any atom is 0.226 e. The Labute approximate surface area is 166 Å². The Morgan fingerprint density at radius 2 is 1.72 bits per heavy atom. The summed E-state index contributed by atoms with van der Waals surface area (Å²) in [6.45, 7) is 0.353. The molecule has 0 atom stereocenters. The maximum absolute atomic E-state index is 11.9. The van der Waals surface area contributed by atoms with Gasteiger partial charge in [-0.1, -0.05) is 34.8 Å². The first kappa shape index (κ1) is 19.8. The van der Waals surface area contributed by atoms with Crippen LogP contribution >= 0.6 is 47.0 Å². The second-order valence-electron chi connectivity index (χ2n) is 5.04. The number of nitrogens with one attached hydrogen (secondary N) is 2. The van der Waals surface area contributed by atoms with Crippen LogP contribution in [0, 0.1) is 0 Å². The Kier molecular flexibility index (Phi) is 7.78. The van der Waals surface area contributed by atoms with Crippen molar-refractivity contribution in [3.05, 3.63) is 57.5 Å². The molecular weight excluding hydrogens is 403 g/mol. The predicted octanol–water partition coefficient (Wildman–Crippen LogP) is 5.32. The van der Waals surface area contributed by atoms with Crippen molar-refractivity contribution in [3.8, 4) is 5.75 Å². The van der Waals surface area contributed by atoms with Crippen LogP contribution in [0.5, 0.6) is 5.75 Å². The molecule has 8 heteroatoms. The lowest BCUT2D eigenvalue weighted by atomic mass is 10.3. The van der Waals surface area contributed by atoms with E-state index in [-0.39, 0.29) is 17.4 Å². The van der Waals surface area contributed by atoms with Crippen molar-refractivity contribution in [2.75, 3.05) is 11.9 Å². The molecule has 132 valence electrons. The van der Waals surface area contributed by atoms with Crippen molar-refractivity contribution in [2.45, 2.75) is 12.8 Å². The molecule has 4 nitrogen and oxygen atoms in total. The molecule has 2 aromatic carbocycles. The number of amides is 1. The van der Waals surface area contributed by atoms with Gasteiger partial charge in [-0.25, -0.2) is 0 Å². The number of hydrogen-bond acceptors (Lipinski definition) is 3. The van der Waals surface area contributed by atoms with E-state index in [1.54, 1.807) is 42.5 Å². The van der Waals surface area contributed by atoms with Crippen LogP contribution in [-0.2, 0) is 4.79 Å². The summed E-state index contributed by atoms with van der Waals surface area (Å²) in [6.07, 6.45) is 0.794. The molecule has 2 aromatic rings. The molecule has 0 saturated heterocycles. The highest BCUT2D eigenvalue weighted by Gasteiger charge is 2.06. The number of halogens is 3. The van der Waals surface area contributed by atoms with Crippen LogP contribution in [0.15, 0.2) is 42.5 Å². The summed E-state index contributed by atoms with van der Waals surface area (Å²) in [5.41, 5.74) is 0.746. The van der Waals surface area contributed by atoms with E-state index in [2.05, 4.69) is 10.6 Å². The Hall–Kier alpha value is -1.53. The van der Waals surface area contributed by atoms with Crippen LogP contribution in [0.2, 0.25) is 15.1 Å². The van der Waals surface area contributed by atoms with E-state index in [9.17, 15) is 4.79 Å². The number of hydrogen-bond donors (Lipinski definition) is 2. The summed E-state index contributed by atoms with van der Waals surface area (Å²) >= 11 is 22.7. The molecule has 0 spiro atoms. The van der Waals surface area contributed by atoms with Crippen molar-refractivity contribution in [2.24, 2.45) is 0 Å². The van der Waals surface area contributed by atoms with Gasteiger partial charge in [0.15, 0.2) is 5.11 Å². The van der Waals surface area contributed by atoms with Gasteiger partial charge >= 0.3 is 0 Å². The first-order valence-corrected chi connectivity index (χ1v) is 8.92. The van der Waals surface area contributed by atoms with Crippen LogP contribution in [-0.4, -0.2) is 17.6 Å². The summed E-state index contributed by atoms with van der Waals surface area (Å²) in [5.74, 6) is 0.337. The SMILES string of the molecule is O=C(CCCOc1ccc(Cl)cc1Cl)NC(=S)Nc1ccc(Cl)cc1. The van der Waals surface area contributed by atoms with Gasteiger partial charge in [0.1, 0.15) is 5.75 Å². The predicted molar refractivity (Wildman–Crippen MR) is 107 cm³/mol. The molecule has 2 rings (SSSR count). The molecule has 0 radical (unpaired) electrons. The average Bonchev–Trinajstić information content (AvgIpc) is 2.55. The van der Waals surface area contributed by atoms with E-state index in [1.807, 2.05) is 0 Å². The number of carbonyl (C=O) groups is 1. The van der Waals surface area contributed by atoms with Gasteiger partial charge in [-0.15, -0.1) is 0 Å². The summed E-state index contributed by atoms with van der Waals surface area (Å²) in [6, 6.07) is 12.0.